The summed E-state index contributed by atoms with van der Waals surface area (Å²) >= 11 is 0. The molecule has 0 spiro atoms. The Labute approximate surface area is 149 Å². The van der Waals surface area contributed by atoms with Crippen LogP contribution in [0.5, 0.6) is 0 Å². The minimum Gasteiger partial charge on any atom is -0.458 e. The largest absolute Gasteiger partial charge is 0.458 e. The van der Waals surface area contributed by atoms with Crippen LogP contribution >= 0.6 is 0 Å². The Kier molecular flexibility index (Phi) is 4.68. The van der Waals surface area contributed by atoms with Gasteiger partial charge in [-0.25, -0.2) is 23.1 Å². The summed E-state index contributed by atoms with van der Waals surface area (Å²) in [7, 11) is 0. The first-order valence-electron chi connectivity index (χ1n) is 8.51. The van der Waals surface area contributed by atoms with Gasteiger partial charge in [-0.1, -0.05) is 6.07 Å². The molecular formula is C18H21F2N3O3. The third kappa shape index (κ3) is 3.68. The van der Waals surface area contributed by atoms with Crippen LogP contribution < -0.4 is 5.69 Å². The summed E-state index contributed by atoms with van der Waals surface area (Å²) in [5.74, 6) is -1.89. The Morgan fingerprint density at radius 2 is 2.04 bits per heavy atom. The number of halogens is 2. The number of esters is 1. The van der Waals surface area contributed by atoms with Crippen molar-refractivity contribution >= 4 is 5.97 Å². The van der Waals surface area contributed by atoms with Gasteiger partial charge in [0.2, 0.25) is 0 Å². The van der Waals surface area contributed by atoms with E-state index in [2.05, 4.69) is 5.10 Å². The lowest BCUT2D eigenvalue weighted by Crippen LogP contribution is -2.38. The van der Waals surface area contributed by atoms with Gasteiger partial charge in [0.05, 0.1) is 6.54 Å². The molecule has 8 heteroatoms. The maximum atomic E-state index is 13.4. The van der Waals surface area contributed by atoms with Crippen LogP contribution in [0, 0.1) is 11.6 Å². The van der Waals surface area contributed by atoms with E-state index in [-0.39, 0.29) is 6.54 Å². The number of aryl methyl sites for hydroxylation is 1. The number of hydrogen-bond acceptors (Lipinski definition) is 4. The smallest absolute Gasteiger partial charge is 0.347 e. The standard InChI is InChI=1S/C18H21F2N3O3/c1-18(2,3)26-16(24)14-5-4-6-15-21-22(17(25)23(14)15)10-11-7-8-12(19)13(20)9-11/h7-9,14H,4-6,10H2,1-3H3. The van der Waals surface area contributed by atoms with Crippen LogP contribution in [0.2, 0.25) is 0 Å². The molecule has 1 aliphatic heterocycles. The molecule has 3 rings (SSSR count). The zero-order chi connectivity index (χ0) is 19.1. The number of nitrogens with zero attached hydrogens (tertiary/aromatic N) is 3. The highest BCUT2D eigenvalue weighted by Gasteiger charge is 2.33. The minimum absolute atomic E-state index is 0.00290. The highest BCUT2D eigenvalue weighted by atomic mass is 19.2. The first-order chi connectivity index (χ1) is 12.2. The Morgan fingerprint density at radius 3 is 2.69 bits per heavy atom. The number of aromatic nitrogens is 3. The normalized spacial score (nSPS) is 17.0. The molecule has 0 fully saturated rings. The molecule has 0 bridgehead atoms. The molecule has 2 heterocycles. The van der Waals surface area contributed by atoms with Gasteiger partial charge in [-0.3, -0.25) is 4.57 Å². The minimum atomic E-state index is -0.980. The van der Waals surface area contributed by atoms with Crippen LogP contribution in [0.25, 0.3) is 0 Å². The summed E-state index contributed by atoms with van der Waals surface area (Å²) in [6, 6.07) is 2.72. The van der Waals surface area contributed by atoms with Gasteiger partial charge in [0.15, 0.2) is 11.6 Å². The fraction of sp³-hybridized carbons (Fsp3) is 0.500. The van der Waals surface area contributed by atoms with Crippen molar-refractivity contribution in [2.75, 3.05) is 0 Å². The summed E-state index contributed by atoms with van der Waals surface area (Å²) in [6.07, 6.45) is 1.78. The van der Waals surface area contributed by atoms with E-state index < -0.39 is 34.9 Å². The van der Waals surface area contributed by atoms with E-state index in [4.69, 9.17) is 4.74 Å². The Hall–Kier alpha value is -2.51. The number of ether oxygens (including phenoxy) is 1. The van der Waals surface area contributed by atoms with Gasteiger partial charge in [0.1, 0.15) is 17.5 Å². The zero-order valence-corrected chi connectivity index (χ0v) is 15.0. The van der Waals surface area contributed by atoms with Crippen molar-refractivity contribution in [3.05, 3.63) is 51.7 Å². The second-order valence-corrected chi connectivity index (χ2v) is 7.42. The molecule has 0 saturated carbocycles. The Morgan fingerprint density at radius 1 is 1.31 bits per heavy atom. The molecular weight excluding hydrogens is 344 g/mol. The second kappa shape index (κ2) is 6.66. The third-order valence-corrected chi connectivity index (χ3v) is 4.13. The molecule has 0 N–H and O–H groups in total. The molecule has 2 aromatic rings. The monoisotopic (exact) mass is 365 g/mol. The summed E-state index contributed by atoms with van der Waals surface area (Å²) < 4.78 is 34.4. The predicted octanol–water partition coefficient (Wildman–Crippen LogP) is 2.59. The van der Waals surface area contributed by atoms with Crippen LogP contribution in [0.4, 0.5) is 8.78 Å². The number of fused-ring (bicyclic) bond motifs is 1. The lowest BCUT2D eigenvalue weighted by atomic mass is 10.0. The average molecular weight is 365 g/mol. The molecule has 140 valence electrons. The number of carbonyl (C=O) groups excluding carboxylic acids is 1. The lowest BCUT2D eigenvalue weighted by molar-refractivity contribution is -0.159. The topological polar surface area (TPSA) is 66.1 Å². The summed E-state index contributed by atoms with van der Waals surface area (Å²) in [6.45, 7) is 5.30. The van der Waals surface area contributed by atoms with E-state index in [1.807, 2.05) is 0 Å². The van der Waals surface area contributed by atoms with Gasteiger partial charge in [0.25, 0.3) is 0 Å². The van der Waals surface area contributed by atoms with Gasteiger partial charge < -0.3 is 4.74 Å². The summed E-state index contributed by atoms with van der Waals surface area (Å²) in [4.78, 5) is 25.2. The number of rotatable bonds is 3. The Bertz CT molecular complexity index is 896. The molecule has 1 aromatic carbocycles. The number of benzene rings is 1. The highest BCUT2D eigenvalue weighted by Crippen LogP contribution is 2.25. The molecule has 0 amide bonds. The van der Waals surface area contributed by atoms with Gasteiger partial charge in [0, 0.05) is 6.42 Å². The van der Waals surface area contributed by atoms with Crippen LogP contribution in [0.1, 0.15) is 51.0 Å². The van der Waals surface area contributed by atoms with E-state index in [0.29, 0.717) is 30.7 Å². The van der Waals surface area contributed by atoms with E-state index in [1.54, 1.807) is 20.8 Å². The first kappa shape index (κ1) is 18.3. The van der Waals surface area contributed by atoms with E-state index in [0.717, 1.165) is 12.1 Å². The number of hydrogen-bond donors (Lipinski definition) is 0. The van der Waals surface area contributed by atoms with Gasteiger partial charge >= 0.3 is 11.7 Å². The second-order valence-electron chi connectivity index (χ2n) is 7.42. The van der Waals surface area contributed by atoms with Crippen molar-refractivity contribution < 1.29 is 18.3 Å². The fourth-order valence-electron chi connectivity index (χ4n) is 3.04. The molecule has 1 unspecified atom stereocenters. The maximum Gasteiger partial charge on any atom is 0.347 e. The van der Waals surface area contributed by atoms with Crippen molar-refractivity contribution in [3.8, 4) is 0 Å². The first-order valence-corrected chi connectivity index (χ1v) is 8.51. The van der Waals surface area contributed by atoms with Crippen molar-refractivity contribution in [3.63, 3.8) is 0 Å². The number of carbonyl (C=O) groups is 1. The molecule has 1 atom stereocenters. The zero-order valence-electron chi connectivity index (χ0n) is 15.0. The van der Waals surface area contributed by atoms with Crippen molar-refractivity contribution in [1.29, 1.82) is 0 Å². The highest BCUT2D eigenvalue weighted by molar-refractivity contribution is 5.74. The molecule has 0 saturated heterocycles. The molecule has 26 heavy (non-hydrogen) atoms. The average Bonchev–Trinajstić information content (AvgIpc) is 2.85. The van der Waals surface area contributed by atoms with E-state index >= 15 is 0 Å². The van der Waals surface area contributed by atoms with Crippen LogP contribution in [0.3, 0.4) is 0 Å². The molecule has 6 nitrogen and oxygen atoms in total. The van der Waals surface area contributed by atoms with Gasteiger partial charge in [-0.15, -0.1) is 0 Å². The van der Waals surface area contributed by atoms with Gasteiger partial charge in [-0.05, 0) is 51.3 Å². The molecule has 0 radical (unpaired) electrons. The van der Waals surface area contributed by atoms with Crippen molar-refractivity contribution in [1.82, 2.24) is 14.3 Å². The predicted molar refractivity (Wildman–Crippen MR) is 89.8 cm³/mol. The Balaban J connectivity index is 1.91. The van der Waals surface area contributed by atoms with Crippen molar-refractivity contribution in [2.45, 2.75) is 58.2 Å². The molecule has 1 aliphatic rings. The van der Waals surface area contributed by atoms with Crippen LogP contribution in [-0.4, -0.2) is 25.9 Å². The van der Waals surface area contributed by atoms with Crippen LogP contribution in [-0.2, 0) is 22.5 Å². The third-order valence-electron chi connectivity index (χ3n) is 4.13. The molecule has 1 aromatic heterocycles. The van der Waals surface area contributed by atoms with E-state index in [9.17, 15) is 18.4 Å². The fourth-order valence-corrected chi connectivity index (χ4v) is 3.04. The summed E-state index contributed by atoms with van der Waals surface area (Å²) in [5.41, 5.74) is -0.699. The molecule has 0 aliphatic carbocycles. The quantitative estimate of drug-likeness (QED) is 0.784. The SMILES string of the molecule is CC(C)(C)OC(=O)C1CCCc2nn(Cc3ccc(F)c(F)c3)c(=O)n21. The van der Waals surface area contributed by atoms with Crippen molar-refractivity contribution in [2.24, 2.45) is 0 Å². The summed E-state index contributed by atoms with van der Waals surface area (Å²) in [5, 5.41) is 4.27. The van der Waals surface area contributed by atoms with E-state index in [1.165, 1.54) is 15.3 Å². The lowest BCUT2D eigenvalue weighted by Gasteiger charge is -2.26. The van der Waals surface area contributed by atoms with Crippen LogP contribution in [0.15, 0.2) is 23.0 Å². The maximum absolute atomic E-state index is 13.4. The van der Waals surface area contributed by atoms with Gasteiger partial charge in [-0.2, -0.15) is 5.10 Å².